The van der Waals surface area contributed by atoms with E-state index in [1.807, 2.05) is 7.05 Å². The summed E-state index contributed by atoms with van der Waals surface area (Å²) in [4.78, 5) is 21.8. The van der Waals surface area contributed by atoms with Crippen molar-refractivity contribution in [1.82, 2.24) is 14.9 Å². The Morgan fingerprint density at radius 2 is 1.95 bits per heavy atom. The zero-order chi connectivity index (χ0) is 13.7. The first-order chi connectivity index (χ1) is 9.12. The predicted molar refractivity (Wildman–Crippen MR) is 71.6 cm³/mol. The first-order valence-electron chi connectivity index (χ1n) is 6.81. The van der Waals surface area contributed by atoms with Crippen LogP contribution in [0.1, 0.15) is 44.3 Å². The van der Waals surface area contributed by atoms with Gasteiger partial charge in [0.15, 0.2) is 0 Å². The van der Waals surface area contributed by atoms with Crippen molar-refractivity contribution in [2.75, 3.05) is 7.05 Å². The van der Waals surface area contributed by atoms with Crippen LogP contribution in [0.15, 0.2) is 18.5 Å². The van der Waals surface area contributed by atoms with Gasteiger partial charge in [0.05, 0.1) is 13.0 Å². The monoisotopic (exact) mass is 263 g/mol. The van der Waals surface area contributed by atoms with Crippen LogP contribution in [0.3, 0.4) is 0 Å². The number of hydrogen-bond acceptors (Lipinski definition) is 4. The summed E-state index contributed by atoms with van der Waals surface area (Å²) in [6.45, 7) is 0.605. The molecule has 0 bridgehead atoms. The van der Waals surface area contributed by atoms with Crippen LogP contribution in [0.25, 0.3) is 0 Å². The number of carbonyl (C=O) groups is 1. The molecule has 0 spiro atoms. The summed E-state index contributed by atoms with van der Waals surface area (Å²) < 4.78 is 0. The fraction of sp³-hybridized carbons (Fsp3) is 0.643. The second kappa shape index (κ2) is 6.10. The zero-order valence-corrected chi connectivity index (χ0v) is 11.4. The van der Waals surface area contributed by atoms with Crippen LogP contribution in [0, 0.1) is 0 Å². The van der Waals surface area contributed by atoms with Gasteiger partial charge in [-0.15, -0.1) is 0 Å². The van der Waals surface area contributed by atoms with Gasteiger partial charge < -0.3 is 5.11 Å². The number of aliphatic carboxylic acids is 1. The molecule has 1 saturated carbocycles. The van der Waals surface area contributed by atoms with Crippen molar-refractivity contribution >= 4 is 5.97 Å². The van der Waals surface area contributed by atoms with Crippen LogP contribution in [-0.2, 0) is 11.3 Å². The van der Waals surface area contributed by atoms with Crippen LogP contribution in [0.4, 0.5) is 0 Å². The molecule has 1 N–H and O–H groups in total. The minimum Gasteiger partial charge on any atom is -0.481 e. The van der Waals surface area contributed by atoms with Gasteiger partial charge in [0, 0.05) is 17.9 Å². The zero-order valence-electron chi connectivity index (χ0n) is 11.4. The number of rotatable bonds is 5. The van der Waals surface area contributed by atoms with Crippen molar-refractivity contribution in [2.24, 2.45) is 0 Å². The number of nitrogens with zero attached hydrogens (tertiary/aromatic N) is 3. The number of hydrogen-bond donors (Lipinski definition) is 1. The molecule has 2 rings (SSSR count). The molecule has 104 valence electrons. The molecule has 19 heavy (non-hydrogen) atoms. The highest BCUT2D eigenvalue weighted by Gasteiger charge is 2.38. The van der Waals surface area contributed by atoms with Gasteiger partial charge in [-0.3, -0.25) is 9.69 Å². The third-order valence-electron chi connectivity index (χ3n) is 4.07. The molecule has 5 heteroatoms. The maximum atomic E-state index is 11.2. The maximum Gasteiger partial charge on any atom is 0.305 e. The number of carboxylic acids is 1. The van der Waals surface area contributed by atoms with E-state index in [4.69, 9.17) is 0 Å². The van der Waals surface area contributed by atoms with Crippen molar-refractivity contribution in [2.45, 2.75) is 50.6 Å². The Balaban J connectivity index is 2.11. The lowest BCUT2D eigenvalue weighted by atomic mass is 9.78. The molecule has 1 aliphatic carbocycles. The summed E-state index contributed by atoms with van der Waals surface area (Å²) in [5.74, 6) is 0.0306. The van der Waals surface area contributed by atoms with E-state index >= 15 is 0 Å². The van der Waals surface area contributed by atoms with E-state index in [0.717, 1.165) is 31.5 Å². The van der Waals surface area contributed by atoms with Gasteiger partial charge in [-0.1, -0.05) is 19.3 Å². The average molecular weight is 263 g/mol. The van der Waals surface area contributed by atoms with E-state index in [1.165, 1.54) is 6.42 Å². The Bertz CT molecular complexity index is 416. The predicted octanol–water partition coefficient (Wildman–Crippen LogP) is 2.09. The Hall–Kier alpha value is -1.49. The van der Waals surface area contributed by atoms with Crippen molar-refractivity contribution < 1.29 is 9.90 Å². The summed E-state index contributed by atoms with van der Waals surface area (Å²) in [6, 6.07) is 1.79. The molecule has 1 aromatic rings. The highest BCUT2D eigenvalue weighted by atomic mass is 16.4. The van der Waals surface area contributed by atoms with E-state index in [-0.39, 0.29) is 12.0 Å². The quantitative estimate of drug-likeness (QED) is 0.881. The Kier molecular flexibility index (Phi) is 4.47. The lowest BCUT2D eigenvalue weighted by molar-refractivity contribution is -0.141. The van der Waals surface area contributed by atoms with E-state index in [1.54, 1.807) is 18.5 Å². The van der Waals surface area contributed by atoms with E-state index in [0.29, 0.717) is 6.54 Å². The third kappa shape index (κ3) is 3.50. The van der Waals surface area contributed by atoms with Crippen molar-refractivity contribution in [3.63, 3.8) is 0 Å². The molecule has 1 fully saturated rings. The Labute approximate surface area is 113 Å². The summed E-state index contributed by atoms with van der Waals surface area (Å²) in [5.41, 5.74) is -0.233. The Morgan fingerprint density at radius 1 is 1.32 bits per heavy atom. The van der Waals surface area contributed by atoms with Crippen LogP contribution < -0.4 is 0 Å². The van der Waals surface area contributed by atoms with Crippen LogP contribution >= 0.6 is 0 Å². The summed E-state index contributed by atoms with van der Waals surface area (Å²) in [7, 11) is 1.99. The molecule has 0 amide bonds. The van der Waals surface area contributed by atoms with E-state index in [9.17, 15) is 9.90 Å². The topological polar surface area (TPSA) is 66.3 Å². The van der Waals surface area contributed by atoms with Gasteiger partial charge in [-0.2, -0.15) is 0 Å². The van der Waals surface area contributed by atoms with Gasteiger partial charge in [-0.05, 0) is 26.0 Å². The average Bonchev–Trinajstić information content (AvgIpc) is 2.40. The van der Waals surface area contributed by atoms with E-state index < -0.39 is 5.97 Å². The van der Waals surface area contributed by atoms with Gasteiger partial charge >= 0.3 is 5.97 Å². The molecule has 0 unspecified atom stereocenters. The van der Waals surface area contributed by atoms with Crippen molar-refractivity contribution in [1.29, 1.82) is 0 Å². The fourth-order valence-electron chi connectivity index (χ4n) is 2.98. The summed E-state index contributed by atoms with van der Waals surface area (Å²) >= 11 is 0. The molecule has 0 saturated heterocycles. The molecular formula is C14H21N3O2. The minimum atomic E-state index is -0.720. The lowest BCUT2D eigenvalue weighted by Gasteiger charge is -2.43. The van der Waals surface area contributed by atoms with Crippen LogP contribution in [-0.4, -0.2) is 38.5 Å². The molecule has 0 atom stereocenters. The first-order valence-corrected chi connectivity index (χ1v) is 6.81. The highest BCUT2D eigenvalue weighted by molar-refractivity contribution is 5.68. The van der Waals surface area contributed by atoms with Gasteiger partial charge in [-0.25, -0.2) is 9.97 Å². The maximum absolute atomic E-state index is 11.2. The summed E-state index contributed by atoms with van der Waals surface area (Å²) in [5, 5.41) is 9.19. The minimum absolute atomic E-state index is 0.205. The van der Waals surface area contributed by atoms with Gasteiger partial charge in [0.25, 0.3) is 0 Å². The second-order valence-electron chi connectivity index (χ2n) is 5.38. The molecular weight excluding hydrogens is 242 g/mol. The molecule has 0 aliphatic heterocycles. The van der Waals surface area contributed by atoms with Crippen LogP contribution in [0.5, 0.6) is 0 Å². The SMILES string of the molecule is CN(Cc1ncccn1)C1(CC(=O)O)CCCCC1. The van der Waals surface area contributed by atoms with E-state index in [2.05, 4.69) is 14.9 Å². The largest absolute Gasteiger partial charge is 0.481 e. The Morgan fingerprint density at radius 3 is 2.53 bits per heavy atom. The number of aromatic nitrogens is 2. The number of carboxylic acid groups (broad SMARTS) is 1. The smallest absolute Gasteiger partial charge is 0.305 e. The van der Waals surface area contributed by atoms with Gasteiger partial charge in [0.1, 0.15) is 5.82 Å². The van der Waals surface area contributed by atoms with Gasteiger partial charge in [0.2, 0.25) is 0 Å². The molecule has 0 radical (unpaired) electrons. The van der Waals surface area contributed by atoms with Crippen molar-refractivity contribution in [3.05, 3.63) is 24.3 Å². The highest BCUT2D eigenvalue weighted by Crippen LogP contribution is 2.36. The van der Waals surface area contributed by atoms with Crippen molar-refractivity contribution in [3.8, 4) is 0 Å². The lowest BCUT2D eigenvalue weighted by Crippen LogP contribution is -2.49. The molecule has 1 heterocycles. The molecule has 1 aromatic heterocycles. The first kappa shape index (κ1) is 13.9. The molecule has 1 aliphatic rings. The molecule has 0 aromatic carbocycles. The standard InChI is InChI=1S/C14H21N3O2/c1-17(11-12-15-8-5-9-16-12)14(10-13(18)19)6-3-2-4-7-14/h5,8-9H,2-4,6-7,10-11H2,1H3,(H,18,19). The molecule has 5 nitrogen and oxygen atoms in total. The fourth-order valence-corrected chi connectivity index (χ4v) is 2.98. The summed E-state index contributed by atoms with van der Waals surface area (Å²) in [6.07, 6.45) is 8.96. The third-order valence-corrected chi connectivity index (χ3v) is 4.07. The second-order valence-corrected chi connectivity index (χ2v) is 5.38. The van der Waals surface area contributed by atoms with Crippen LogP contribution in [0.2, 0.25) is 0 Å². The normalized spacial score (nSPS) is 18.4.